The maximum atomic E-state index is 12.2. The largest absolute Gasteiger partial charge is 0.493 e. The molecular formula is C19H17NO4. The maximum Gasteiger partial charge on any atom is 0.287 e. The van der Waals surface area contributed by atoms with Crippen LogP contribution < -0.4 is 10.1 Å². The van der Waals surface area contributed by atoms with Crippen LogP contribution in [0.25, 0.3) is 11.0 Å². The first-order valence-corrected chi connectivity index (χ1v) is 7.91. The molecule has 5 heteroatoms. The molecule has 3 aromatic rings. The van der Waals surface area contributed by atoms with Crippen molar-refractivity contribution < 1.29 is 19.1 Å². The molecule has 1 atom stereocenters. The monoisotopic (exact) mass is 323 g/mol. The van der Waals surface area contributed by atoms with E-state index in [-0.39, 0.29) is 18.2 Å². The minimum atomic E-state index is -0.774. The fraction of sp³-hybridized carbons (Fsp3) is 0.211. The van der Waals surface area contributed by atoms with Gasteiger partial charge in [0.05, 0.1) is 12.7 Å². The topological polar surface area (TPSA) is 71.7 Å². The summed E-state index contributed by atoms with van der Waals surface area (Å²) in [5, 5.41) is 13.9. The molecule has 122 valence electrons. The molecular weight excluding hydrogens is 306 g/mol. The van der Waals surface area contributed by atoms with E-state index in [1.54, 1.807) is 6.07 Å². The van der Waals surface area contributed by atoms with Gasteiger partial charge in [-0.1, -0.05) is 24.3 Å². The smallest absolute Gasteiger partial charge is 0.287 e. The minimum Gasteiger partial charge on any atom is -0.493 e. The summed E-state index contributed by atoms with van der Waals surface area (Å²) in [5.74, 6) is 0.776. The predicted octanol–water partition coefficient (Wildman–Crippen LogP) is 2.83. The summed E-state index contributed by atoms with van der Waals surface area (Å²) in [6.45, 7) is 0.799. The number of ether oxygens (including phenoxy) is 1. The normalized spacial score (nSPS) is 14.2. The van der Waals surface area contributed by atoms with Crippen molar-refractivity contribution in [3.8, 4) is 5.75 Å². The summed E-state index contributed by atoms with van der Waals surface area (Å²) in [6, 6.07) is 14.8. The SMILES string of the molecule is O=C(NC[C@H](O)c1ccc2c(c1)CCO2)c1cc2ccccc2o1. The maximum absolute atomic E-state index is 12.2. The Hall–Kier alpha value is -2.79. The quantitative estimate of drug-likeness (QED) is 0.774. The van der Waals surface area contributed by atoms with Crippen LogP contribution in [0, 0.1) is 0 Å². The highest BCUT2D eigenvalue weighted by molar-refractivity contribution is 5.96. The van der Waals surface area contributed by atoms with Gasteiger partial charge in [0.2, 0.25) is 0 Å². The summed E-state index contributed by atoms with van der Waals surface area (Å²) in [5.41, 5.74) is 2.53. The Balaban J connectivity index is 1.43. The zero-order valence-electron chi connectivity index (χ0n) is 13.0. The summed E-state index contributed by atoms with van der Waals surface area (Å²) in [7, 11) is 0. The molecule has 0 radical (unpaired) electrons. The Morgan fingerprint density at radius 3 is 2.96 bits per heavy atom. The van der Waals surface area contributed by atoms with Gasteiger partial charge >= 0.3 is 0 Å². The molecule has 0 fully saturated rings. The Bertz CT molecular complexity index is 866. The standard InChI is InChI=1S/C19H17NO4/c21-15(12-5-6-16-14(9-12)7-8-23-16)11-20-19(22)18-10-13-3-1-2-4-17(13)24-18/h1-6,9-10,15,21H,7-8,11H2,(H,20,22)/t15-/m0/s1. The third-order valence-corrected chi connectivity index (χ3v) is 4.20. The molecule has 0 saturated heterocycles. The van der Waals surface area contributed by atoms with Crippen molar-refractivity contribution >= 4 is 16.9 Å². The highest BCUT2D eigenvalue weighted by atomic mass is 16.5. The van der Waals surface area contributed by atoms with Crippen molar-refractivity contribution in [2.24, 2.45) is 0 Å². The van der Waals surface area contributed by atoms with Gasteiger partial charge in [-0.25, -0.2) is 0 Å². The van der Waals surface area contributed by atoms with Gasteiger partial charge in [-0.15, -0.1) is 0 Å². The van der Waals surface area contributed by atoms with Crippen molar-refractivity contribution in [3.63, 3.8) is 0 Å². The lowest BCUT2D eigenvalue weighted by molar-refractivity contribution is 0.0891. The second kappa shape index (κ2) is 6.02. The molecule has 0 bridgehead atoms. The lowest BCUT2D eigenvalue weighted by Gasteiger charge is -2.12. The molecule has 24 heavy (non-hydrogen) atoms. The first kappa shape index (κ1) is 14.8. The van der Waals surface area contributed by atoms with Crippen molar-refractivity contribution in [1.29, 1.82) is 0 Å². The molecule has 0 unspecified atom stereocenters. The summed E-state index contributed by atoms with van der Waals surface area (Å²) >= 11 is 0. The van der Waals surface area contributed by atoms with Crippen molar-refractivity contribution in [2.45, 2.75) is 12.5 Å². The fourth-order valence-corrected chi connectivity index (χ4v) is 2.90. The number of furan rings is 1. The summed E-state index contributed by atoms with van der Waals surface area (Å²) < 4.78 is 11.0. The first-order chi connectivity index (χ1) is 11.7. The zero-order valence-corrected chi connectivity index (χ0v) is 13.0. The third kappa shape index (κ3) is 2.74. The lowest BCUT2D eigenvalue weighted by atomic mass is 10.0. The highest BCUT2D eigenvalue weighted by Crippen LogP contribution is 2.28. The van der Waals surface area contributed by atoms with Crippen LogP contribution in [-0.4, -0.2) is 24.2 Å². The van der Waals surface area contributed by atoms with Gasteiger partial charge in [0.25, 0.3) is 5.91 Å². The number of aliphatic hydroxyl groups is 1. The number of fused-ring (bicyclic) bond motifs is 2. The van der Waals surface area contributed by atoms with E-state index < -0.39 is 6.10 Å². The van der Waals surface area contributed by atoms with Crippen LogP contribution in [0.2, 0.25) is 0 Å². The van der Waals surface area contributed by atoms with Crippen molar-refractivity contribution in [3.05, 3.63) is 65.4 Å². The number of amides is 1. The molecule has 0 spiro atoms. The minimum absolute atomic E-state index is 0.121. The molecule has 0 saturated carbocycles. The number of nitrogens with one attached hydrogen (secondary N) is 1. The number of aliphatic hydroxyl groups excluding tert-OH is 1. The fourth-order valence-electron chi connectivity index (χ4n) is 2.90. The molecule has 5 nitrogen and oxygen atoms in total. The van der Waals surface area contributed by atoms with Crippen LogP contribution in [0.15, 0.2) is 52.9 Å². The van der Waals surface area contributed by atoms with Crippen molar-refractivity contribution in [1.82, 2.24) is 5.32 Å². The summed E-state index contributed by atoms with van der Waals surface area (Å²) in [4.78, 5) is 12.2. The molecule has 1 aromatic heterocycles. The Morgan fingerprint density at radius 1 is 1.21 bits per heavy atom. The van der Waals surface area contributed by atoms with Gasteiger partial charge in [-0.05, 0) is 35.4 Å². The van der Waals surface area contributed by atoms with Crippen LogP contribution in [-0.2, 0) is 6.42 Å². The van der Waals surface area contributed by atoms with E-state index >= 15 is 0 Å². The average Bonchev–Trinajstić information content (AvgIpc) is 3.24. The van der Waals surface area contributed by atoms with Crippen LogP contribution in [0.3, 0.4) is 0 Å². The van der Waals surface area contributed by atoms with Gasteiger partial charge < -0.3 is 19.6 Å². The van der Waals surface area contributed by atoms with Crippen molar-refractivity contribution in [2.75, 3.05) is 13.2 Å². The second-order valence-corrected chi connectivity index (χ2v) is 5.84. The number of hydrogen-bond acceptors (Lipinski definition) is 4. The molecule has 2 heterocycles. The predicted molar refractivity (Wildman–Crippen MR) is 89.1 cm³/mol. The molecule has 2 aromatic carbocycles. The van der Waals surface area contributed by atoms with Crippen LogP contribution in [0.5, 0.6) is 5.75 Å². The van der Waals surface area contributed by atoms with Crippen LogP contribution >= 0.6 is 0 Å². The average molecular weight is 323 g/mol. The number of benzene rings is 2. The number of para-hydroxylation sites is 1. The van der Waals surface area contributed by atoms with E-state index in [9.17, 15) is 9.90 Å². The van der Waals surface area contributed by atoms with Gasteiger partial charge in [-0.2, -0.15) is 0 Å². The van der Waals surface area contributed by atoms with Gasteiger partial charge in [0.15, 0.2) is 5.76 Å². The van der Waals surface area contributed by atoms with Gasteiger partial charge in [-0.3, -0.25) is 4.79 Å². The summed E-state index contributed by atoms with van der Waals surface area (Å²) in [6.07, 6.45) is 0.0746. The van der Waals surface area contributed by atoms with Crippen LogP contribution in [0.4, 0.5) is 0 Å². The van der Waals surface area contributed by atoms with E-state index in [4.69, 9.17) is 9.15 Å². The van der Waals surface area contributed by atoms with Gasteiger partial charge in [0, 0.05) is 18.4 Å². The zero-order chi connectivity index (χ0) is 16.5. The number of hydrogen-bond donors (Lipinski definition) is 2. The number of carbonyl (C=O) groups excluding carboxylic acids is 1. The number of carbonyl (C=O) groups is 1. The molecule has 1 aliphatic rings. The van der Waals surface area contributed by atoms with E-state index in [1.165, 1.54) is 0 Å². The van der Waals surface area contributed by atoms with E-state index in [1.807, 2.05) is 42.5 Å². The molecule has 0 aliphatic carbocycles. The Kier molecular flexibility index (Phi) is 3.70. The lowest BCUT2D eigenvalue weighted by Crippen LogP contribution is -2.28. The van der Waals surface area contributed by atoms with Crippen LogP contribution in [0.1, 0.15) is 27.8 Å². The molecule has 2 N–H and O–H groups in total. The van der Waals surface area contributed by atoms with Gasteiger partial charge in [0.1, 0.15) is 11.3 Å². The highest BCUT2D eigenvalue weighted by Gasteiger charge is 2.17. The molecule has 4 rings (SSSR count). The third-order valence-electron chi connectivity index (χ3n) is 4.20. The number of rotatable bonds is 4. The van der Waals surface area contributed by atoms with E-state index in [2.05, 4.69) is 5.32 Å². The Morgan fingerprint density at radius 2 is 2.08 bits per heavy atom. The second-order valence-electron chi connectivity index (χ2n) is 5.84. The molecule has 1 amide bonds. The van der Waals surface area contributed by atoms with E-state index in [0.29, 0.717) is 12.2 Å². The van der Waals surface area contributed by atoms with E-state index in [0.717, 1.165) is 28.7 Å². The Labute approximate surface area is 138 Å². The first-order valence-electron chi connectivity index (χ1n) is 7.91. The molecule has 1 aliphatic heterocycles.